The molecule has 17 heavy (non-hydrogen) atoms. The van der Waals surface area contributed by atoms with E-state index in [1.54, 1.807) is 0 Å². The number of hydrogen-bond acceptors (Lipinski definition) is 3. The Morgan fingerprint density at radius 3 is 2.41 bits per heavy atom. The Bertz CT molecular complexity index is 402. The standard InChI is InChI=1S/C14H19NO2/c1-14(2,3)17-13(16)10-12(15)9-11-7-5-4-6-8-11/h4-8,10H,9,15H2,1-3H3/b12-10-. The van der Waals surface area contributed by atoms with Crippen molar-refractivity contribution in [3.05, 3.63) is 47.7 Å². The van der Waals surface area contributed by atoms with Crippen LogP contribution in [-0.4, -0.2) is 11.6 Å². The highest BCUT2D eigenvalue weighted by Gasteiger charge is 2.14. The van der Waals surface area contributed by atoms with Gasteiger partial charge < -0.3 is 10.5 Å². The molecular formula is C14H19NO2. The van der Waals surface area contributed by atoms with E-state index in [-0.39, 0.29) is 0 Å². The van der Waals surface area contributed by atoms with Gasteiger partial charge in [-0.05, 0) is 26.3 Å². The fourth-order valence-corrected chi connectivity index (χ4v) is 1.37. The van der Waals surface area contributed by atoms with Crippen LogP contribution in [0.1, 0.15) is 26.3 Å². The molecule has 1 aromatic rings. The zero-order valence-electron chi connectivity index (χ0n) is 10.6. The predicted octanol–water partition coefficient (Wildman–Crippen LogP) is 2.41. The number of carbonyl (C=O) groups is 1. The molecule has 3 nitrogen and oxygen atoms in total. The Morgan fingerprint density at radius 1 is 1.29 bits per heavy atom. The van der Waals surface area contributed by atoms with E-state index in [1.807, 2.05) is 51.1 Å². The van der Waals surface area contributed by atoms with Crippen molar-refractivity contribution >= 4 is 5.97 Å². The number of carbonyl (C=O) groups excluding carboxylic acids is 1. The van der Waals surface area contributed by atoms with Gasteiger partial charge in [0.2, 0.25) is 0 Å². The van der Waals surface area contributed by atoms with Crippen LogP contribution in [0.2, 0.25) is 0 Å². The normalized spacial score (nSPS) is 12.3. The zero-order chi connectivity index (χ0) is 12.9. The second-order valence-corrected chi connectivity index (χ2v) is 4.92. The van der Waals surface area contributed by atoms with Crippen LogP contribution < -0.4 is 5.73 Å². The molecule has 0 aliphatic carbocycles. The van der Waals surface area contributed by atoms with E-state index in [4.69, 9.17) is 10.5 Å². The van der Waals surface area contributed by atoms with Gasteiger partial charge in [-0.3, -0.25) is 0 Å². The van der Waals surface area contributed by atoms with Crippen LogP contribution in [-0.2, 0) is 16.0 Å². The summed E-state index contributed by atoms with van der Waals surface area (Å²) >= 11 is 0. The minimum Gasteiger partial charge on any atom is -0.457 e. The van der Waals surface area contributed by atoms with Crippen LogP contribution in [0.5, 0.6) is 0 Å². The van der Waals surface area contributed by atoms with Gasteiger partial charge >= 0.3 is 5.97 Å². The van der Waals surface area contributed by atoms with Crippen molar-refractivity contribution in [2.45, 2.75) is 32.8 Å². The molecule has 0 saturated heterocycles. The Morgan fingerprint density at radius 2 is 1.88 bits per heavy atom. The maximum absolute atomic E-state index is 11.5. The Balaban J connectivity index is 2.58. The van der Waals surface area contributed by atoms with Crippen LogP contribution >= 0.6 is 0 Å². The summed E-state index contributed by atoms with van der Waals surface area (Å²) in [5, 5.41) is 0. The molecule has 0 amide bonds. The lowest BCUT2D eigenvalue weighted by Gasteiger charge is -2.18. The topological polar surface area (TPSA) is 52.3 Å². The molecule has 1 rings (SSSR count). The van der Waals surface area contributed by atoms with Gasteiger partial charge in [-0.1, -0.05) is 30.3 Å². The molecule has 0 spiro atoms. The van der Waals surface area contributed by atoms with Crippen molar-refractivity contribution in [1.29, 1.82) is 0 Å². The SMILES string of the molecule is CC(C)(C)OC(=O)/C=C(\N)Cc1ccccc1. The van der Waals surface area contributed by atoms with E-state index >= 15 is 0 Å². The molecule has 92 valence electrons. The van der Waals surface area contributed by atoms with Crippen LogP contribution in [0.3, 0.4) is 0 Å². The van der Waals surface area contributed by atoms with E-state index < -0.39 is 11.6 Å². The summed E-state index contributed by atoms with van der Waals surface area (Å²) in [6, 6.07) is 9.76. The van der Waals surface area contributed by atoms with Crippen molar-refractivity contribution in [2.24, 2.45) is 5.73 Å². The largest absolute Gasteiger partial charge is 0.457 e. The molecule has 0 bridgehead atoms. The van der Waals surface area contributed by atoms with E-state index in [2.05, 4.69) is 0 Å². The molecule has 0 unspecified atom stereocenters. The van der Waals surface area contributed by atoms with Gasteiger partial charge in [-0.25, -0.2) is 4.79 Å². The lowest BCUT2D eigenvalue weighted by atomic mass is 10.1. The van der Waals surface area contributed by atoms with Crippen molar-refractivity contribution < 1.29 is 9.53 Å². The van der Waals surface area contributed by atoms with Crippen LogP contribution in [0.4, 0.5) is 0 Å². The fraction of sp³-hybridized carbons (Fsp3) is 0.357. The molecule has 0 aliphatic heterocycles. The zero-order valence-corrected chi connectivity index (χ0v) is 10.6. The average Bonchev–Trinajstić information content (AvgIpc) is 2.15. The lowest BCUT2D eigenvalue weighted by Crippen LogP contribution is -2.23. The van der Waals surface area contributed by atoms with Gasteiger partial charge in [-0.2, -0.15) is 0 Å². The quantitative estimate of drug-likeness (QED) is 0.644. The molecule has 0 atom stereocenters. The Hall–Kier alpha value is -1.77. The fourth-order valence-electron chi connectivity index (χ4n) is 1.37. The number of benzene rings is 1. The van der Waals surface area contributed by atoms with Crippen LogP contribution in [0, 0.1) is 0 Å². The first-order chi connectivity index (χ1) is 7.87. The van der Waals surface area contributed by atoms with Crippen molar-refractivity contribution in [3.63, 3.8) is 0 Å². The average molecular weight is 233 g/mol. The second kappa shape index (κ2) is 5.53. The summed E-state index contributed by atoms with van der Waals surface area (Å²) in [5.41, 5.74) is 6.88. The molecule has 0 saturated carbocycles. The highest BCUT2D eigenvalue weighted by molar-refractivity contribution is 5.83. The molecular weight excluding hydrogens is 214 g/mol. The molecule has 0 aliphatic rings. The monoisotopic (exact) mass is 233 g/mol. The van der Waals surface area contributed by atoms with Crippen molar-refractivity contribution in [1.82, 2.24) is 0 Å². The molecule has 3 heteroatoms. The number of allylic oxidation sites excluding steroid dienone is 1. The van der Waals surface area contributed by atoms with Gasteiger partial charge in [0.15, 0.2) is 0 Å². The number of hydrogen-bond donors (Lipinski definition) is 1. The third-order valence-corrected chi connectivity index (χ3v) is 1.96. The highest BCUT2D eigenvalue weighted by Crippen LogP contribution is 2.09. The first kappa shape index (κ1) is 13.3. The summed E-state index contributed by atoms with van der Waals surface area (Å²) < 4.78 is 5.15. The Kier molecular flexibility index (Phi) is 4.32. The number of rotatable bonds is 3. The highest BCUT2D eigenvalue weighted by atomic mass is 16.6. The first-order valence-corrected chi connectivity index (χ1v) is 5.60. The maximum Gasteiger partial charge on any atom is 0.333 e. The first-order valence-electron chi connectivity index (χ1n) is 5.60. The van der Waals surface area contributed by atoms with Gasteiger partial charge in [0.25, 0.3) is 0 Å². The third kappa shape index (κ3) is 5.76. The molecule has 2 N–H and O–H groups in total. The molecule has 0 aromatic heterocycles. The smallest absolute Gasteiger partial charge is 0.333 e. The summed E-state index contributed by atoms with van der Waals surface area (Å²) in [6.07, 6.45) is 1.90. The lowest BCUT2D eigenvalue weighted by molar-refractivity contribution is -0.148. The van der Waals surface area contributed by atoms with Gasteiger partial charge in [0, 0.05) is 18.2 Å². The third-order valence-electron chi connectivity index (χ3n) is 1.96. The summed E-state index contributed by atoms with van der Waals surface area (Å²) in [4.78, 5) is 11.5. The number of esters is 1. The number of ether oxygens (including phenoxy) is 1. The Labute approximate surface area is 102 Å². The summed E-state index contributed by atoms with van der Waals surface area (Å²) in [5.74, 6) is -0.397. The van der Waals surface area contributed by atoms with E-state index in [0.717, 1.165) is 5.56 Å². The number of nitrogens with two attached hydrogens (primary N) is 1. The van der Waals surface area contributed by atoms with Crippen molar-refractivity contribution in [2.75, 3.05) is 0 Å². The van der Waals surface area contributed by atoms with E-state index in [1.165, 1.54) is 6.08 Å². The molecule has 0 heterocycles. The molecule has 1 aromatic carbocycles. The molecule has 0 radical (unpaired) electrons. The van der Waals surface area contributed by atoms with Gasteiger partial charge in [0.1, 0.15) is 5.60 Å². The summed E-state index contributed by atoms with van der Waals surface area (Å²) in [6.45, 7) is 5.48. The van der Waals surface area contributed by atoms with Gasteiger partial charge in [0.05, 0.1) is 0 Å². The van der Waals surface area contributed by atoms with Crippen LogP contribution in [0.15, 0.2) is 42.1 Å². The van der Waals surface area contributed by atoms with Crippen molar-refractivity contribution in [3.8, 4) is 0 Å². The molecule has 0 fully saturated rings. The summed E-state index contributed by atoms with van der Waals surface area (Å²) in [7, 11) is 0. The minimum atomic E-state index is -0.486. The minimum absolute atomic E-state index is 0.397. The van der Waals surface area contributed by atoms with Gasteiger partial charge in [-0.15, -0.1) is 0 Å². The second-order valence-electron chi connectivity index (χ2n) is 4.92. The van der Waals surface area contributed by atoms with E-state index in [0.29, 0.717) is 12.1 Å². The maximum atomic E-state index is 11.5. The van der Waals surface area contributed by atoms with E-state index in [9.17, 15) is 4.79 Å². The van der Waals surface area contributed by atoms with Crippen LogP contribution in [0.25, 0.3) is 0 Å². The predicted molar refractivity (Wildman–Crippen MR) is 68.3 cm³/mol.